The van der Waals surface area contributed by atoms with Gasteiger partial charge in [0, 0.05) is 0 Å². The lowest BCUT2D eigenvalue weighted by atomic mass is 9.87. The maximum Gasteiger partial charge on any atom is 0.431 e. The number of halogens is 5. The van der Waals surface area contributed by atoms with Crippen LogP contribution in [0.2, 0.25) is 0 Å². The van der Waals surface area contributed by atoms with Crippen molar-refractivity contribution in [3.8, 4) is 0 Å². The van der Waals surface area contributed by atoms with Gasteiger partial charge in [-0.3, -0.25) is 8.98 Å². The van der Waals surface area contributed by atoms with Crippen molar-refractivity contribution in [3.63, 3.8) is 0 Å². The Hall–Kier alpha value is -0.970. The van der Waals surface area contributed by atoms with Gasteiger partial charge in [0.15, 0.2) is 0 Å². The number of carbonyl (C=O) groups excluding carboxylic acids is 1. The van der Waals surface area contributed by atoms with Gasteiger partial charge in [-0.1, -0.05) is 0 Å². The van der Waals surface area contributed by atoms with Gasteiger partial charge in [0.05, 0.1) is 18.3 Å². The van der Waals surface area contributed by atoms with Crippen LogP contribution < -0.4 is 0 Å². The maximum atomic E-state index is 12.4. The maximum absolute atomic E-state index is 12.4. The Labute approximate surface area is 129 Å². The molecular formula is C12H15F5O5S. The third kappa shape index (κ3) is 4.31. The molecule has 2 aliphatic rings. The Morgan fingerprint density at radius 1 is 1.13 bits per heavy atom. The lowest BCUT2D eigenvalue weighted by Crippen LogP contribution is -2.42. The average molecular weight is 366 g/mol. The zero-order chi connectivity index (χ0) is 17.6. The summed E-state index contributed by atoms with van der Waals surface area (Å²) in [4.78, 5) is 11.8. The van der Waals surface area contributed by atoms with E-state index in [4.69, 9.17) is 4.18 Å². The molecule has 0 aromatic rings. The summed E-state index contributed by atoms with van der Waals surface area (Å²) in [6.45, 7) is 0. The van der Waals surface area contributed by atoms with Crippen LogP contribution >= 0.6 is 0 Å². The van der Waals surface area contributed by atoms with Gasteiger partial charge >= 0.3 is 12.1 Å². The van der Waals surface area contributed by atoms with E-state index in [9.17, 15) is 35.2 Å². The van der Waals surface area contributed by atoms with E-state index >= 15 is 0 Å². The van der Waals surface area contributed by atoms with E-state index in [0.717, 1.165) is 6.26 Å². The molecule has 2 saturated carbocycles. The first-order valence-corrected chi connectivity index (χ1v) is 8.63. The van der Waals surface area contributed by atoms with Gasteiger partial charge in [-0.2, -0.15) is 21.6 Å². The number of carbonyl (C=O) groups is 1. The van der Waals surface area contributed by atoms with Crippen molar-refractivity contribution >= 4 is 16.1 Å². The summed E-state index contributed by atoms with van der Waals surface area (Å²) in [5.41, 5.74) is 0. The van der Waals surface area contributed by atoms with E-state index in [2.05, 4.69) is 4.74 Å². The van der Waals surface area contributed by atoms with E-state index in [1.165, 1.54) is 0 Å². The number of hydrogen-bond donors (Lipinski definition) is 0. The molecule has 0 aliphatic heterocycles. The fraction of sp³-hybridized carbons (Fsp3) is 0.917. The van der Waals surface area contributed by atoms with Crippen molar-refractivity contribution < 1.29 is 44.1 Å². The Morgan fingerprint density at radius 3 is 2.13 bits per heavy atom. The van der Waals surface area contributed by atoms with Crippen LogP contribution in [0.15, 0.2) is 0 Å². The molecule has 5 unspecified atom stereocenters. The fourth-order valence-electron chi connectivity index (χ4n) is 3.33. The molecule has 5 atom stereocenters. The highest BCUT2D eigenvalue weighted by Crippen LogP contribution is 2.50. The predicted octanol–water partition coefficient (Wildman–Crippen LogP) is 2.12. The molecule has 0 spiro atoms. The van der Waals surface area contributed by atoms with Gasteiger partial charge in [-0.25, -0.2) is 8.78 Å². The lowest BCUT2D eigenvalue weighted by molar-refractivity contribution is -0.251. The quantitative estimate of drug-likeness (QED) is 0.424. The van der Waals surface area contributed by atoms with Crippen LogP contribution in [0.25, 0.3) is 0 Å². The second-order valence-corrected chi connectivity index (χ2v) is 7.51. The third-order valence-corrected chi connectivity index (χ3v) is 4.78. The highest BCUT2D eigenvalue weighted by atomic mass is 32.2. The van der Waals surface area contributed by atoms with Gasteiger partial charge in [0.25, 0.3) is 22.6 Å². The van der Waals surface area contributed by atoms with Crippen molar-refractivity contribution in [2.24, 2.45) is 17.8 Å². The van der Waals surface area contributed by atoms with E-state index in [-0.39, 0.29) is 18.8 Å². The van der Waals surface area contributed by atoms with E-state index in [1.54, 1.807) is 0 Å². The summed E-state index contributed by atoms with van der Waals surface area (Å²) in [5.74, 6) is -3.00. The van der Waals surface area contributed by atoms with Crippen molar-refractivity contribution in [1.82, 2.24) is 0 Å². The molecule has 134 valence electrons. The van der Waals surface area contributed by atoms with Crippen LogP contribution in [-0.2, 0) is 23.8 Å². The summed E-state index contributed by atoms with van der Waals surface area (Å²) >= 11 is 0. The topological polar surface area (TPSA) is 69.7 Å². The highest BCUT2D eigenvalue weighted by Gasteiger charge is 2.54. The standard InChI is InChI=1S/C12H15F5O5S/c1-23(19,20)22-8-4-5-2-6(8)3-7(5)11(18)21-9(10(13)14)12(15,16)17/h5-10H,2-4H2,1H3. The predicted molar refractivity (Wildman–Crippen MR) is 66.0 cm³/mol. The zero-order valence-electron chi connectivity index (χ0n) is 11.9. The Kier molecular flexibility index (Phi) is 4.91. The Balaban J connectivity index is 1.97. The molecule has 5 nitrogen and oxygen atoms in total. The van der Waals surface area contributed by atoms with Crippen LogP contribution in [0.5, 0.6) is 0 Å². The minimum atomic E-state index is -5.34. The normalized spacial score (nSPS) is 32.3. The minimum absolute atomic E-state index is 0.0670. The summed E-state index contributed by atoms with van der Waals surface area (Å²) in [6, 6.07) is 0. The number of hydrogen-bond acceptors (Lipinski definition) is 5. The summed E-state index contributed by atoms with van der Waals surface area (Å²) in [7, 11) is -3.68. The van der Waals surface area contributed by atoms with Gasteiger partial charge in [-0.15, -0.1) is 0 Å². The van der Waals surface area contributed by atoms with E-state index in [0.29, 0.717) is 6.42 Å². The second-order valence-electron chi connectivity index (χ2n) is 5.91. The molecule has 0 aromatic heterocycles. The van der Waals surface area contributed by atoms with Gasteiger partial charge in [0.1, 0.15) is 0 Å². The number of esters is 1. The molecule has 0 saturated heterocycles. The average Bonchev–Trinajstić information content (AvgIpc) is 2.90. The molecule has 0 amide bonds. The second kappa shape index (κ2) is 6.15. The summed E-state index contributed by atoms with van der Waals surface area (Å²) < 4.78 is 93.0. The smallest absolute Gasteiger partial charge is 0.431 e. The minimum Gasteiger partial charge on any atom is -0.446 e. The molecule has 11 heteroatoms. The zero-order valence-corrected chi connectivity index (χ0v) is 12.7. The fourth-order valence-corrected chi connectivity index (χ4v) is 4.01. The molecule has 0 aromatic carbocycles. The molecule has 2 aliphatic carbocycles. The first-order chi connectivity index (χ1) is 10.4. The molecular weight excluding hydrogens is 351 g/mol. The van der Waals surface area contributed by atoms with E-state index < -0.39 is 52.7 Å². The van der Waals surface area contributed by atoms with Gasteiger partial charge in [0.2, 0.25) is 0 Å². The van der Waals surface area contributed by atoms with Crippen LogP contribution in [0, 0.1) is 17.8 Å². The first-order valence-electron chi connectivity index (χ1n) is 6.82. The first kappa shape index (κ1) is 18.4. The Bertz CT molecular complexity index is 561. The molecule has 0 heterocycles. The van der Waals surface area contributed by atoms with Crippen molar-refractivity contribution in [1.29, 1.82) is 0 Å². The monoisotopic (exact) mass is 366 g/mol. The number of rotatable bonds is 5. The number of alkyl halides is 5. The lowest BCUT2D eigenvalue weighted by Gasteiger charge is -2.28. The van der Waals surface area contributed by atoms with Crippen LogP contribution in [0.4, 0.5) is 22.0 Å². The summed E-state index contributed by atoms with van der Waals surface area (Å²) in [6.07, 6.45) is -11.8. The van der Waals surface area contributed by atoms with Crippen molar-refractivity contribution in [2.75, 3.05) is 6.26 Å². The van der Waals surface area contributed by atoms with Crippen LogP contribution in [0.1, 0.15) is 19.3 Å². The third-order valence-electron chi connectivity index (χ3n) is 4.19. The SMILES string of the molecule is CS(=O)(=O)OC1CC2CC1CC2C(=O)OC(C(F)F)C(F)(F)F. The molecule has 2 rings (SSSR count). The molecule has 0 radical (unpaired) electrons. The largest absolute Gasteiger partial charge is 0.446 e. The van der Waals surface area contributed by atoms with Crippen molar-refractivity contribution in [3.05, 3.63) is 0 Å². The van der Waals surface area contributed by atoms with E-state index in [1.807, 2.05) is 0 Å². The molecule has 23 heavy (non-hydrogen) atoms. The van der Waals surface area contributed by atoms with Crippen LogP contribution in [-0.4, -0.2) is 45.5 Å². The summed E-state index contributed by atoms with van der Waals surface area (Å²) in [5, 5.41) is 0. The molecule has 2 fully saturated rings. The van der Waals surface area contributed by atoms with Gasteiger partial charge in [-0.05, 0) is 31.1 Å². The van der Waals surface area contributed by atoms with Crippen molar-refractivity contribution in [2.45, 2.75) is 44.1 Å². The number of ether oxygens (including phenoxy) is 1. The molecule has 0 N–H and O–H groups in total. The Morgan fingerprint density at radius 2 is 1.74 bits per heavy atom. The van der Waals surface area contributed by atoms with Crippen LogP contribution in [0.3, 0.4) is 0 Å². The highest BCUT2D eigenvalue weighted by molar-refractivity contribution is 7.86. The van der Waals surface area contributed by atoms with Gasteiger partial charge < -0.3 is 4.74 Å². The number of fused-ring (bicyclic) bond motifs is 2. The molecule has 2 bridgehead atoms.